The Hall–Kier alpha value is -3.25. The highest BCUT2D eigenvalue weighted by atomic mass is 16.6. The summed E-state index contributed by atoms with van der Waals surface area (Å²) < 4.78 is 133. The zero-order valence-electron chi connectivity index (χ0n) is 70.8. The molecular formula is C82H158N2O31. The molecule has 33 nitrogen and oxygen atoms in total. The molecule has 0 heterocycles. The number of carboxylic acids is 2. The van der Waals surface area contributed by atoms with Crippen LogP contribution in [0.2, 0.25) is 0 Å². The Kier molecular flexibility index (Phi) is 95.1. The summed E-state index contributed by atoms with van der Waals surface area (Å²) in [6, 6.07) is -1.89. The van der Waals surface area contributed by atoms with E-state index in [1.807, 2.05) is 0 Å². The number of hydrogen-bond acceptors (Lipinski definition) is 30. The second-order valence-electron chi connectivity index (χ2n) is 26.9. The molecule has 0 rings (SSSR count). The van der Waals surface area contributed by atoms with Gasteiger partial charge in [-0.2, -0.15) is 0 Å². The van der Waals surface area contributed by atoms with Crippen LogP contribution in [-0.4, -0.2) is 369 Å². The van der Waals surface area contributed by atoms with Gasteiger partial charge in [0.1, 0.15) is 23.7 Å². The molecule has 0 saturated carbocycles. The van der Waals surface area contributed by atoms with E-state index in [1.54, 1.807) is 0 Å². The number of carbonyl (C=O) groups excluding carboxylic acids is 3. The van der Waals surface area contributed by atoms with Crippen LogP contribution in [0.15, 0.2) is 0 Å². The predicted octanol–water partition coefficient (Wildman–Crippen LogP) is 7.67. The highest BCUT2D eigenvalue weighted by Gasteiger charge is 2.21. The van der Waals surface area contributed by atoms with Crippen LogP contribution >= 0.6 is 0 Å². The molecule has 115 heavy (non-hydrogen) atoms. The lowest BCUT2D eigenvalue weighted by Crippen LogP contribution is -2.41. The van der Waals surface area contributed by atoms with E-state index < -0.39 is 24.0 Å². The van der Waals surface area contributed by atoms with Crippen LogP contribution < -0.4 is 11.1 Å². The first-order valence-corrected chi connectivity index (χ1v) is 43.1. The van der Waals surface area contributed by atoms with Gasteiger partial charge in [0.2, 0.25) is 5.91 Å². The van der Waals surface area contributed by atoms with Crippen LogP contribution in [0.25, 0.3) is 0 Å². The molecule has 0 aromatic heterocycles. The van der Waals surface area contributed by atoms with Gasteiger partial charge in [-0.3, -0.25) is 19.2 Å². The van der Waals surface area contributed by atoms with E-state index in [2.05, 4.69) is 12.2 Å². The summed E-state index contributed by atoms with van der Waals surface area (Å²) in [5, 5.41) is 21.0. The van der Waals surface area contributed by atoms with Gasteiger partial charge in [0.05, 0.1) is 297 Å². The van der Waals surface area contributed by atoms with Crippen molar-refractivity contribution in [3.8, 4) is 0 Å². The summed E-state index contributed by atoms with van der Waals surface area (Å²) in [5.41, 5.74) is 5.48. The fourth-order valence-electron chi connectivity index (χ4n) is 10.4. The second kappa shape index (κ2) is 97.9. The molecule has 0 aliphatic rings. The van der Waals surface area contributed by atoms with Crippen molar-refractivity contribution in [2.75, 3.05) is 317 Å². The molecule has 0 aliphatic heterocycles. The summed E-state index contributed by atoms with van der Waals surface area (Å²) in [7, 11) is 0. The summed E-state index contributed by atoms with van der Waals surface area (Å²) in [5.74, 6) is -2.29. The molecular weight excluding hydrogens is 1510 g/mol. The van der Waals surface area contributed by atoms with Crippen molar-refractivity contribution in [3.63, 3.8) is 0 Å². The number of aliphatic carboxylic acids is 2. The fourth-order valence-corrected chi connectivity index (χ4v) is 10.4. The van der Waals surface area contributed by atoms with Crippen LogP contribution in [-0.2, 0) is 138 Å². The van der Waals surface area contributed by atoms with Crippen LogP contribution in [0.1, 0.15) is 174 Å². The molecule has 2 atom stereocenters. The molecule has 0 aromatic carbocycles. The van der Waals surface area contributed by atoms with Crippen molar-refractivity contribution in [2.45, 2.75) is 186 Å². The molecule has 5 N–H and O–H groups in total. The van der Waals surface area contributed by atoms with Gasteiger partial charge < -0.3 is 135 Å². The monoisotopic (exact) mass is 1670 g/mol. The molecule has 0 saturated heterocycles. The Morgan fingerprint density at radius 2 is 0.426 bits per heavy atom. The first-order valence-electron chi connectivity index (χ1n) is 43.1. The van der Waals surface area contributed by atoms with Crippen LogP contribution in [0.5, 0.6) is 0 Å². The predicted molar refractivity (Wildman–Crippen MR) is 431 cm³/mol. The third-order valence-electron chi connectivity index (χ3n) is 16.9. The second-order valence-corrected chi connectivity index (χ2v) is 26.9. The van der Waals surface area contributed by atoms with E-state index in [4.69, 9.17) is 125 Å². The van der Waals surface area contributed by atoms with Gasteiger partial charge in [0.15, 0.2) is 0 Å². The molecule has 1 amide bonds. The number of hydrogen-bond donors (Lipinski definition) is 4. The minimum Gasteiger partial charge on any atom is -0.480 e. The topological polar surface area (TPSA) is 385 Å². The maximum Gasteiger partial charge on any atom is 0.326 e. The summed E-state index contributed by atoms with van der Waals surface area (Å²) in [6.45, 7) is 24.7. The van der Waals surface area contributed by atoms with Gasteiger partial charge in [-0.15, -0.1) is 0 Å². The Bertz CT molecular complexity index is 2000. The van der Waals surface area contributed by atoms with Crippen molar-refractivity contribution >= 4 is 29.4 Å². The molecule has 682 valence electrons. The Morgan fingerprint density at radius 1 is 0.217 bits per heavy atom. The van der Waals surface area contributed by atoms with Gasteiger partial charge in [0, 0.05) is 51.9 Å². The lowest BCUT2D eigenvalue weighted by Gasteiger charge is -2.14. The van der Waals surface area contributed by atoms with Crippen molar-refractivity contribution in [1.82, 2.24) is 5.32 Å². The number of ketones is 2. The number of unbranched alkanes of at least 4 members (excludes halogenated alkanes) is 15. The fraction of sp³-hybridized carbons (Fsp3) is 0.939. The lowest BCUT2D eigenvalue weighted by atomic mass is 10.0. The van der Waals surface area contributed by atoms with Gasteiger partial charge >= 0.3 is 11.9 Å². The summed E-state index contributed by atoms with van der Waals surface area (Å²) in [6.07, 6.45) is 22.4. The largest absolute Gasteiger partial charge is 0.480 e. The quantitative estimate of drug-likeness (QED) is 0.0424. The molecule has 0 spiro atoms. The highest BCUT2D eigenvalue weighted by Crippen LogP contribution is 2.14. The molecule has 0 radical (unpaired) electrons. The first-order chi connectivity index (χ1) is 56.7. The van der Waals surface area contributed by atoms with Crippen LogP contribution in [0.3, 0.4) is 0 Å². The van der Waals surface area contributed by atoms with Crippen LogP contribution in [0, 0.1) is 0 Å². The third-order valence-corrected chi connectivity index (χ3v) is 16.9. The van der Waals surface area contributed by atoms with E-state index in [9.17, 15) is 29.1 Å². The molecule has 0 fully saturated rings. The third kappa shape index (κ3) is 96.1. The van der Waals surface area contributed by atoms with Gasteiger partial charge in [-0.1, -0.05) is 96.8 Å². The van der Waals surface area contributed by atoms with Crippen LogP contribution in [0.4, 0.5) is 0 Å². The van der Waals surface area contributed by atoms with Crippen molar-refractivity contribution < 1.29 is 148 Å². The zero-order valence-corrected chi connectivity index (χ0v) is 70.8. The average molecular weight is 1670 g/mol. The number of carboxylic acid groups (broad SMARTS) is 2. The Morgan fingerprint density at radius 3 is 0.687 bits per heavy atom. The van der Waals surface area contributed by atoms with E-state index in [0.29, 0.717) is 362 Å². The van der Waals surface area contributed by atoms with Gasteiger partial charge in [0.25, 0.3) is 0 Å². The Balaban J connectivity index is 3.22. The standard InChI is InChI=1S/C82H158N2O31/c1-2-3-4-5-6-7-8-9-10-11-12-13-17-24-80(87)84-79(82(90)91)26-25-76(85)22-20-30-94-34-38-98-42-46-102-50-54-106-58-61-109-63-65-111-67-69-113-71-73-115-75-74-114-72-70-112-68-66-110-64-62-108-60-57-105-53-49-101-45-41-97-37-33-93-29-19-18-28-92-32-36-96-40-44-100-48-52-104-56-59-107-55-51-103-47-43-99-39-35-95-31-27-77(86)21-15-14-16-23-78(83)81(88)89/h78-79H,2-75,83H2,1H3,(H,84,87)(H,88,89)(H,90,91)/t78-,79-/m0/s1. The molecule has 0 unspecified atom stereocenters. The van der Waals surface area contributed by atoms with E-state index in [0.717, 1.165) is 44.9 Å². The zero-order chi connectivity index (χ0) is 83.0. The summed E-state index contributed by atoms with van der Waals surface area (Å²) >= 11 is 0. The van der Waals surface area contributed by atoms with Crippen molar-refractivity contribution in [2.24, 2.45) is 5.73 Å². The highest BCUT2D eigenvalue weighted by molar-refractivity contribution is 5.84. The minimum atomic E-state index is -1.12. The smallest absolute Gasteiger partial charge is 0.326 e. The van der Waals surface area contributed by atoms with Gasteiger partial charge in [-0.05, 0) is 44.9 Å². The molecule has 0 aromatic rings. The Labute approximate surface area is 688 Å². The number of rotatable bonds is 104. The lowest BCUT2D eigenvalue weighted by molar-refractivity contribution is -0.142. The minimum absolute atomic E-state index is 0.0483. The van der Waals surface area contributed by atoms with Crippen molar-refractivity contribution in [3.05, 3.63) is 0 Å². The number of carbonyl (C=O) groups is 5. The first kappa shape index (κ1) is 112. The number of nitrogens with one attached hydrogen (secondary N) is 1. The van der Waals surface area contributed by atoms with Crippen molar-refractivity contribution in [1.29, 1.82) is 0 Å². The maximum absolute atomic E-state index is 12.4. The number of Topliss-reactive ketones (excluding diaryl/α,β-unsaturated/α-hetero) is 2. The summed E-state index contributed by atoms with van der Waals surface area (Å²) in [4.78, 5) is 59.1. The maximum atomic E-state index is 12.4. The van der Waals surface area contributed by atoms with E-state index >= 15 is 0 Å². The van der Waals surface area contributed by atoms with E-state index in [1.165, 1.54) is 64.2 Å². The molecule has 0 bridgehead atoms. The number of ether oxygens (including phenoxy) is 24. The SMILES string of the molecule is CCCCCCCCCCCCCCCC(=O)N[C@@H](CCC(=O)CCCOCCOCCOCCOCCOCCOCCOCCOCCOCCOCCOCCOCCOCCOCCOCCOCCCCOCCOCCOCCOCCOCCOCCOCCOCCC(=O)CCCCC[C@H](N)C(=O)O)C(=O)O. The normalized spacial score (nSPS) is 12.2. The number of amides is 1. The molecule has 0 aliphatic carbocycles. The number of nitrogens with two attached hydrogens (primary N) is 1. The average Bonchev–Trinajstić information content (AvgIpc) is 0.937. The van der Waals surface area contributed by atoms with E-state index in [-0.39, 0.29) is 30.3 Å². The molecule has 33 heteroatoms. The van der Waals surface area contributed by atoms with Gasteiger partial charge in [-0.25, -0.2) is 4.79 Å².